The molecule has 0 bridgehead atoms. The van der Waals surface area contributed by atoms with Gasteiger partial charge in [-0.05, 0) is 47.9 Å². The van der Waals surface area contributed by atoms with Gasteiger partial charge in [0.15, 0.2) is 17.4 Å². The Labute approximate surface area is 173 Å². The number of fused-ring (bicyclic) bond motifs is 5. The van der Waals surface area contributed by atoms with Crippen LogP contribution >= 0.6 is 0 Å². The van der Waals surface area contributed by atoms with E-state index in [9.17, 15) is 0 Å². The molecule has 0 saturated carbocycles. The maximum absolute atomic E-state index is 6.27. The first kappa shape index (κ1) is 17.0. The zero-order chi connectivity index (χ0) is 20.2. The lowest BCUT2D eigenvalue weighted by atomic mass is 9.99. The van der Waals surface area contributed by atoms with Gasteiger partial charge in [0.05, 0.1) is 16.3 Å². The average molecular weight is 390 g/mol. The average Bonchev–Trinajstić information content (AvgIpc) is 3.30. The third-order valence-corrected chi connectivity index (χ3v) is 5.87. The Hall–Kier alpha value is -3.85. The van der Waals surface area contributed by atoms with Gasteiger partial charge in [0.1, 0.15) is 18.2 Å². The van der Waals surface area contributed by atoms with E-state index in [1.807, 2.05) is 30.3 Å². The molecule has 3 aromatic carbocycles. The molecule has 0 spiro atoms. The highest BCUT2D eigenvalue weighted by Gasteiger charge is 2.20. The molecule has 3 heterocycles. The minimum Gasteiger partial charge on any atom is -0.452 e. The molecule has 0 aliphatic carbocycles. The second kappa shape index (κ2) is 6.33. The van der Waals surface area contributed by atoms with E-state index >= 15 is 0 Å². The fraction of sp³-hybridized carbons (Fsp3) is 0.0741. The molecular formula is C27H20NO2+. The Morgan fingerprint density at radius 2 is 1.40 bits per heavy atom. The lowest BCUT2D eigenvalue weighted by molar-refractivity contribution is -0.660. The molecule has 6 aromatic rings. The van der Waals surface area contributed by atoms with E-state index in [-0.39, 0.29) is 0 Å². The first-order valence-corrected chi connectivity index (χ1v) is 10.1. The largest absolute Gasteiger partial charge is 0.452 e. The Kier molecular flexibility index (Phi) is 3.59. The van der Waals surface area contributed by atoms with Gasteiger partial charge >= 0.3 is 0 Å². The summed E-state index contributed by atoms with van der Waals surface area (Å²) in [6.45, 7) is 2.14. The highest BCUT2D eigenvalue weighted by molar-refractivity contribution is 6.13. The Morgan fingerprint density at radius 1 is 0.667 bits per heavy atom. The van der Waals surface area contributed by atoms with Crippen LogP contribution in [0.5, 0.6) is 0 Å². The lowest BCUT2D eigenvalue weighted by Crippen LogP contribution is -2.30. The van der Waals surface area contributed by atoms with Crippen LogP contribution in [-0.2, 0) is 7.05 Å². The van der Waals surface area contributed by atoms with Crippen LogP contribution in [0.1, 0.15) is 5.56 Å². The van der Waals surface area contributed by atoms with E-state index in [1.54, 1.807) is 0 Å². The number of aromatic nitrogens is 1. The topological polar surface area (TPSA) is 30.2 Å². The first-order valence-electron chi connectivity index (χ1n) is 10.1. The third-order valence-electron chi connectivity index (χ3n) is 5.87. The van der Waals surface area contributed by atoms with Gasteiger partial charge in [0, 0.05) is 12.1 Å². The van der Waals surface area contributed by atoms with E-state index in [4.69, 9.17) is 8.83 Å². The predicted octanol–water partition coefficient (Wildman–Crippen LogP) is 6.80. The minimum absolute atomic E-state index is 0.819. The van der Waals surface area contributed by atoms with Crippen LogP contribution in [0, 0.1) is 6.92 Å². The van der Waals surface area contributed by atoms with E-state index in [1.165, 1.54) is 16.7 Å². The zero-order valence-electron chi connectivity index (χ0n) is 16.8. The number of benzene rings is 3. The Balaban J connectivity index is 1.58. The van der Waals surface area contributed by atoms with Gasteiger partial charge < -0.3 is 8.83 Å². The molecule has 0 aliphatic heterocycles. The summed E-state index contributed by atoms with van der Waals surface area (Å²) in [5, 5.41) is 2.03. The smallest absolute Gasteiger partial charge is 0.213 e. The van der Waals surface area contributed by atoms with Crippen molar-refractivity contribution in [3.8, 4) is 22.4 Å². The monoisotopic (exact) mass is 390 g/mol. The fourth-order valence-corrected chi connectivity index (χ4v) is 4.28. The van der Waals surface area contributed by atoms with Crippen molar-refractivity contribution in [1.29, 1.82) is 0 Å². The second-order valence-corrected chi connectivity index (χ2v) is 7.80. The van der Waals surface area contributed by atoms with Crippen molar-refractivity contribution in [3.63, 3.8) is 0 Å². The zero-order valence-corrected chi connectivity index (χ0v) is 16.8. The number of pyridine rings is 1. The predicted molar refractivity (Wildman–Crippen MR) is 120 cm³/mol. The second-order valence-electron chi connectivity index (χ2n) is 7.80. The number of hydrogen-bond donors (Lipinski definition) is 0. The molecule has 0 unspecified atom stereocenters. The summed E-state index contributed by atoms with van der Waals surface area (Å²) >= 11 is 0. The Bertz CT molecular complexity index is 1550. The molecule has 30 heavy (non-hydrogen) atoms. The first-order chi connectivity index (χ1) is 14.7. The molecule has 6 rings (SSSR count). The van der Waals surface area contributed by atoms with Crippen LogP contribution in [0.25, 0.3) is 55.5 Å². The van der Waals surface area contributed by atoms with Crippen LogP contribution in [0.3, 0.4) is 0 Å². The van der Waals surface area contributed by atoms with Crippen molar-refractivity contribution in [1.82, 2.24) is 0 Å². The highest BCUT2D eigenvalue weighted by atomic mass is 16.4. The molecule has 0 radical (unpaired) electrons. The van der Waals surface area contributed by atoms with Crippen molar-refractivity contribution < 1.29 is 13.4 Å². The van der Waals surface area contributed by atoms with Gasteiger partial charge in [-0.25, -0.2) is 4.57 Å². The van der Waals surface area contributed by atoms with Crippen LogP contribution in [0.15, 0.2) is 93.9 Å². The lowest BCUT2D eigenvalue weighted by Gasteiger charge is -2.07. The summed E-state index contributed by atoms with van der Waals surface area (Å²) < 4.78 is 14.5. The summed E-state index contributed by atoms with van der Waals surface area (Å²) in [7, 11) is 2.08. The van der Waals surface area contributed by atoms with Gasteiger partial charge in [-0.3, -0.25) is 0 Å². The molecule has 144 valence electrons. The highest BCUT2D eigenvalue weighted by Crippen LogP contribution is 2.39. The summed E-state index contributed by atoms with van der Waals surface area (Å²) in [4.78, 5) is 0. The SMILES string of the molecule is Cc1cc2c(cc1-c1cc(-c3ccccc3)cc[n+]1C)oc1c3ccccc3oc21. The van der Waals surface area contributed by atoms with Crippen LogP contribution < -0.4 is 4.57 Å². The van der Waals surface area contributed by atoms with Gasteiger partial charge in [-0.2, -0.15) is 0 Å². The van der Waals surface area contributed by atoms with E-state index in [0.29, 0.717) is 0 Å². The fourth-order valence-electron chi connectivity index (χ4n) is 4.28. The summed E-state index contributed by atoms with van der Waals surface area (Å²) in [5.74, 6) is 0. The van der Waals surface area contributed by atoms with E-state index in [0.717, 1.165) is 44.4 Å². The van der Waals surface area contributed by atoms with Crippen LogP contribution in [0.2, 0.25) is 0 Å². The van der Waals surface area contributed by atoms with Gasteiger partial charge in [-0.15, -0.1) is 0 Å². The van der Waals surface area contributed by atoms with Gasteiger partial charge in [-0.1, -0.05) is 42.5 Å². The minimum atomic E-state index is 0.819. The molecule has 0 amide bonds. The molecule has 0 saturated heterocycles. The number of hydrogen-bond acceptors (Lipinski definition) is 2. The third kappa shape index (κ3) is 2.49. The summed E-state index contributed by atoms with van der Waals surface area (Å²) in [6, 6.07) is 27.2. The molecule has 0 aliphatic rings. The normalized spacial score (nSPS) is 11.7. The number of furan rings is 2. The number of nitrogens with zero attached hydrogens (tertiary/aromatic N) is 1. The molecule has 3 nitrogen and oxygen atoms in total. The quantitative estimate of drug-likeness (QED) is 0.304. The molecule has 3 aromatic heterocycles. The van der Waals surface area contributed by atoms with Crippen LogP contribution in [-0.4, -0.2) is 0 Å². The molecule has 0 N–H and O–H groups in total. The van der Waals surface area contributed by atoms with Gasteiger partial charge in [0.2, 0.25) is 5.69 Å². The molecule has 0 fully saturated rings. The van der Waals surface area contributed by atoms with Crippen molar-refractivity contribution in [2.75, 3.05) is 0 Å². The van der Waals surface area contributed by atoms with Crippen molar-refractivity contribution in [2.45, 2.75) is 6.92 Å². The van der Waals surface area contributed by atoms with Crippen molar-refractivity contribution >= 4 is 33.1 Å². The Morgan fingerprint density at radius 3 is 2.27 bits per heavy atom. The standard InChI is InChI=1S/C27H20NO2/c1-17-14-22-25(30-26-20-10-6-7-11-24(20)29-27(22)26)16-21(17)23-15-19(12-13-28(23)2)18-8-4-3-5-9-18/h3-16H,1-2H3/q+1. The van der Waals surface area contributed by atoms with E-state index < -0.39 is 0 Å². The number of aryl methyl sites for hydroxylation is 2. The van der Waals surface area contributed by atoms with Crippen LogP contribution in [0.4, 0.5) is 0 Å². The molecule has 3 heteroatoms. The number of para-hydroxylation sites is 1. The molecule has 0 atom stereocenters. The van der Waals surface area contributed by atoms with E-state index in [2.05, 4.69) is 73.3 Å². The maximum atomic E-state index is 6.27. The number of rotatable bonds is 2. The molecular weight excluding hydrogens is 370 g/mol. The van der Waals surface area contributed by atoms with Crippen molar-refractivity contribution in [2.24, 2.45) is 7.05 Å². The summed E-state index contributed by atoms with van der Waals surface area (Å²) in [5.41, 5.74) is 9.24. The summed E-state index contributed by atoms with van der Waals surface area (Å²) in [6.07, 6.45) is 2.11. The van der Waals surface area contributed by atoms with Crippen molar-refractivity contribution in [3.05, 3.63) is 90.6 Å². The maximum Gasteiger partial charge on any atom is 0.213 e. The van der Waals surface area contributed by atoms with Gasteiger partial charge in [0.25, 0.3) is 0 Å².